The quantitative estimate of drug-likeness (QED) is 0.142. The molecule has 196 valence electrons. The van der Waals surface area contributed by atoms with Crippen molar-refractivity contribution >= 4 is 51.5 Å². The van der Waals surface area contributed by atoms with E-state index in [-0.39, 0.29) is 23.5 Å². The van der Waals surface area contributed by atoms with E-state index in [4.69, 9.17) is 4.52 Å². The van der Waals surface area contributed by atoms with Crippen LogP contribution in [0.2, 0.25) is 19.6 Å². The highest BCUT2D eigenvalue weighted by Crippen LogP contribution is 2.36. The van der Waals surface area contributed by atoms with Crippen LogP contribution < -0.4 is 9.91 Å². The van der Waals surface area contributed by atoms with Crippen molar-refractivity contribution in [2.75, 3.05) is 0 Å². The number of rotatable bonds is 7. The van der Waals surface area contributed by atoms with E-state index in [0.29, 0.717) is 26.4 Å². The van der Waals surface area contributed by atoms with Gasteiger partial charge < -0.3 is 9.08 Å². The lowest BCUT2D eigenvalue weighted by molar-refractivity contribution is 0.443. The average Bonchev–Trinajstić information content (AvgIpc) is 3.24. The number of fused-ring (bicyclic) bond motifs is 1. The zero-order chi connectivity index (χ0) is 27.1. The van der Waals surface area contributed by atoms with Crippen LogP contribution in [0.5, 0.6) is 0 Å². The van der Waals surface area contributed by atoms with E-state index in [0.717, 1.165) is 5.56 Å². The molecular formula is C27H30BrF2N3O2SSi. The predicted molar refractivity (Wildman–Crippen MR) is 152 cm³/mol. The fraction of sp³-hybridized carbons (Fsp3) is 0.333. The Hall–Kier alpha value is -2.11. The molecule has 0 unspecified atom stereocenters. The lowest BCUT2D eigenvalue weighted by Crippen LogP contribution is -2.43. The molecule has 37 heavy (non-hydrogen) atoms. The molecule has 4 rings (SSSR count). The van der Waals surface area contributed by atoms with Crippen LogP contribution in [0.25, 0.3) is 22.2 Å². The summed E-state index contributed by atoms with van der Waals surface area (Å²) in [4.78, 5) is 4.48. The minimum absolute atomic E-state index is 0.0644. The van der Waals surface area contributed by atoms with Crippen molar-refractivity contribution in [3.63, 3.8) is 0 Å². The van der Waals surface area contributed by atoms with Gasteiger partial charge in [0.1, 0.15) is 20.9 Å². The summed E-state index contributed by atoms with van der Waals surface area (Å²) in [5.74, 6) is -0.835. The van der Waals surface area contributed by atoms with E-state index in [1.807, 2.05) is 45.0 Å². The van der Waals surface area contributed by atoms with E-state index >= 15 is 4.39 Å². The second kappa shape index (κ2) is 10.6. The molecular weight excluding hydrogens is 576 g/mol. The normalized spacial score (nSPS) is 14.2. The first-order valence-corrected chi connectivity index (χ1v) is 17.4. The first kappa shape index (κ1) is 27.9. The minimum atomic E-state index is -2.01. The molecule has 2 aromatic heterocycles. The Kier molecular flexibility index (Phi) is 7.97. The molecule has 0 fully saturated rings. The van der Waals surface area contributed by atoms with Crippen molar-refractivity contribution < 1.29 is 17.9 Å². The fourth-order valence-corrected chi connectivity index (χ4v) is 6.93. The Morgan fingerprint density at radius 2 is 1.81 bits per heavy atom. The van der Waals surface area contributed by atoms with Crippen LogP contribution in [-0.2, 0) is 17.8 Å². The van der Waals surface area contributed by atoms with Gasteiger partial charge in [-0.3, -0.25) is 0 Å². The Bertz CT molecular complexity index is 1440. The molecule has 0 radical (unpaired) electrons. The minimum Gasteiger partial charge on any atom is -0.598 e. The van der Waals surface area contributed by atoms with Crippen LogP contribution in [0.3, 0.4) is 0 Å². The van der Waals surface area contributed by atoms with Gasteiger partial charge in [0.15, 0.2) is 5.82 Å². The number of halogens is 3. The van der Waals surface area contributed by atoms with Gasteiger partial charge in [0.2, 0.25) is 5.58 Å². The Morgan fingerprint density at radius 3 is 2.49 bits per heavy atom. The Balaban J connectivity index is 1.87. The van der Waals surface area contributed by atoms with Gasteiger partial charge in [-0.1, -0.05) is 55.1 Å². The number of aromatic nitrogens is 2. The monoisotopic (exact) mass is 605 g/mol. The van der Waals surface area contributed by atoms with Crippen molar-refractivity contribution in [1.29, 1.82) is 0 Å². The van der Waals surface area contributed by atoms with Gasteiger partial charge in [0.25, 0.3) is 0 Å². The van der Waals surface area contributed by atoms with Crippen molar-refractivity contribution in [3.05, 3.63) is 76.0 Å². The molecule has 10 heteroatoms. The molecule has 0 aliphatic carbocycles. The van der Waals surface area contributed by atoms with Crippen LogP contribution in [0, 0.1) is 11.6 Å². The molecule has 0 aliphatic rings. The molecule has 0 saturated heterocycles. The topological polar surface area (TPSA) is 74.0 Å². The van der Waals surface area contributed by atoms with E-state index in [1.165, 1.54) is 6.07 Å². The van der Waals surface area contributed by atoms with Gasteiger partial charge in [-0.25, -0.2) is 13.8 Å². The van der Waals surface area contributed by atoms with Crippen molar-refractivity contribution in [3.8, 4) is 11.3 Å². The molecule has 0 aliphatic heterocycles. The lowest BCUT2D eigenvalue weighted by Gasteiger charge is -2.29. The van der Waals surface area contributed by atoms with Gasteiger partial charge in [0, 0.05) is 23.3 Å². The summed E-state index contributed by atoms with van der Waals surface area (Å²) in [5.41, 5.74) is 2.21. The number of pyridine rings is 1. The van der Waals surface area contributed by atoms with Crippen LogP contribution >= 0.6 is 15.9 Å². The van der Waals surface area contributed by atoms with Crippen LogP contribution in [-0.4, -0.2) is 27.5 Å². The van der Waals surface area contributed by atoms with Crippen LogP contribution in [0.15, 0.2) is 57.7 Å². The van der Waals surface area contributed by atoms with Crippen LogP contribution in [0.1, 0.15) is 38.1 Å². The van der Waals surface area contributed by atoms with E-state index in [9.17, 15) is 8.94 Å². The Labute approximate surface area is 228 Å². The summed E-state index contributed by atoms with van der Waals surface area (Å²) >= 11 is 1.99. The summed E-state index contributed by atoms with van der Waals surface area (Å²) in [6, 6.07) is 13.3. The summed E-state index contributed by atoms with van der Waals surface area (Å²) in [5, 5.41) is 5.37. The van der Waals surface area contributed by atoms with Gasteiger partial charge in [0.05, 0.1) is 25.2 Å². The second-order valence-corrected chi connectivity index (χ2v) is 18.8. The number of benzene rings is 2. The van der Waals surface area contributed by atoms with Gasteiger partial charge in [-0.15, -0.1) is 4.72 Å². The molecule has 0 spiro atoms. The molecule has 0 bridgehead atoms. The first-order valence-electron chi connectivity index (χ1n) is 11.9. The summed E-state index contributed by atoms with van der Waals surface area (Å²) in [6.45, 7) is 11.8. The van der Waals surface area contributed by atoms with Gasteiger partial charge in [-0.05, 0) is 65.7 Å². The van der Waals surface area contributed by atoms with E-state index < -0.39 is 36.0 Å². The lowest BCUT2D eigenvalue weighted by atomic mass is 9.94. The number of hydrogen-bond acceptors (Lipinski definition) is 5. The highest BCUT2D eigenvalue weighted by Gasteiger charge is 2.33. The maximum atomic E-state index is 15.8. The van der Waals surface area contributed by atoms with Crippen molar-refractivity contribution in [1.82, 2.24) is 14.9 Å². The fourth-order valence-electron chi connectivity index (χ4n) is 4.08. The highest BCUT2D eigenvalue weighted by molar-refractivity contribution is 9.10. The summed E-state index contributed by atoms with van der Waals surface area (Å²) < 4.78 is 52.0. The molecule has 1 N–H and O–H groups in total. The third kappa shape index (κ3) is 5.98. The predicted octanol–water partition coefficient (Wildman–Crippen LogP) is 6.81. The van der Waals surface area contributed by atoms with Gasteiger partial charge in [-0.2, -0.15) is 0 Å². The third-order valence-electron chi connectivity index (χ3n) is 6.05. The summed E-state index contributed by atoms with van der Waals surface area (Å²) in [7, 11) is -2.01. The molecule has 0 saturated carbocycles. The van der Waals surface area contributed by atoms with Crippen molar-refractivity contribution in [2.24, 2.45) is 0 Å². The molecule has 2 heterocycles. The van der Waals surface area contributed by atoms with Gasteiger partial charge >= 0.3 is 0 Å². The number of hydrogen-bond donors (Lipinski definition) is 1. The molecule has 0 amide bonds. The zero-order valence-corrected chi connectivity index (χ0v) is 25.1. The molecule has 4 aromatic rings. The van der Waals surface area contributed by atoms with Crippen LogP contribution in [0.4, 0.5) is 8.78 Å². The standard InChI is InChI=1S/C27H30BrF2N3O2SSi/c1-27(2,3)36(34)33-20(14-21-24(30)22(37(4,5)6)15-23(28)31-21)16-10-7-8-11-17(16)25-18-12-9-13-19(29)26(18)35-32-25/h7-13,15,20,33H,14H2,1-6H3/t20-,36-/m0/s1. The largest absolute Gasteiger partial charge is 0.598 e. The SMILES string of the molecule is CC(C)(C)[S@+]([O-])N[C@@H](Cc1nc(Br)cc([Si](C)(C)C)c1F)c1ccccc1-c1noc2c(F)cccc12. The maximum absolute atomic E-state index is 15.8. The maximum Gasteiger partial charge on any atom is 0.203 e. The zero-order valence-electron chi connectivity index (χ0n) is 21.7. The van der Waals surface area contributed by atoms with E-state index in [2.05, 4.69) is 50.4 Å². The molecule has 2 atom stereocenters. The molecule has 5 nitrogen and oxygen atoms in total. The number of nitrogens with zero attached hydrogens (tertiary/aromatic N) is 2. The first-order chi connectivity index (χ1) is 17.3. The smallest absolute Gasteiger partial charge is 0.203 e. The number of para-hydroxylation sites is 1. The Morgan fingerprint density at radius 1 is 1.11 bits per heavy atom. The molecule has 2 aromatic carbocycles. The third-order valence-corrected chi connectivity index (χ3v) is 10.0. The second-order valence-electron chi connectivity index (χ2n) is 11.0. The van der Waals surface area contributed by atoms with E-state index in [1.54, 1.807) is 18.2 Å². The van der Waals surface area contributed by atoms with Crippen molar-refractivity contribution in [2.45, 2.75) is 57.6 Å². The average molecular weight is 607 g/mol. The number of nitrogens with one attached hydrogen (secondary N) is 1. The summed E-state index contributed by atoms with van der Waals surface area (Å²) in [6.07, 6.45) is 0.145. The highest BCUT2D eigenvalue weighted by atomic mass is 79.9.